The number of carbonyl (C=O) groups excluding carboxylic acids is 4. The second-order valence-electron chi connectivity index (χ2n) is 6.14. The molecule has 136 valence electrons. The lowest BCUT2D eigenvalue weighted by Crippen LogP contribution is -2.27. The predicted octanol–water partition coefficient (Wildman–Crippen LogP) is 3.65. The quantitative estimate of drug-likeness (QED) is 0.483. The number of hydrogen-bond acceptors (Lipinski definition) is 7. The Labute approximate surface area is 147 Å². The van der Waals surface area contributed by atoms with Crippen LogP contribution in [0.4, 0.5) is 4.79 Å². The highest BCUT2D eigenvalue weighted by molar-refractivity contribution is 8.14. The summed E-state index contributed by atoms with van der Waals surface area (Å²) in [6.45, 7) is 4.50. The second-order valence-corrected chi connectivity index (χ2v) is 7.41. The minimum atomic E-state index is -0.973. The molecule has 1 aliphatic rings. The van der Waals surface area contributed by atoms with Crippen molar-refractivity contribution >= 4 is 34.6 Å². The molecule has 1 rings (SSSR count). The number of esters is 1. The molecule has 7 heteroatoms. The Balaban J connectivity index is 2.31. The van der Waals surface area contributed by atoms with Crippen LogP contribution in [0.2, 0.25) is 0 Å². The molecule has 2 atom stereocenters. The molecule has 0 bridgehead atoms. The molecule has 1 aliphatic carbocycles. The maximum Gasteiger partial charge on any atom is 0.371 e. The molecule has 1 fully saturated rings. The van der Waals surface area contributed by atoms with Gasteiger partial charge in [-0.2, -0.15) is 0 Å². The van der Waals surface area contributed by atoms with Crippen molar-refractivity contribution < 1.29 is 28.7 Å². The highest BCUT2D eigenvalue weighted by atomic mass is 32.2. The van der Waals surface area contributed by atoms with Crippen LogP contribution in [-0.2, 0) is 23.9 Å². The van der Waals surface area contributed by atoms with Crippen LogP contribution in [0.25, 0.3) is 0 Å². The molecule has 0 aromatic rings. The van der Waals surface area contributed by atoms with Crippen LogP contribution in [-0.4, -0.2) is 34.4 Å². The standard InChI is InChI=1S/C17H26O6S/c1-11(18)9-10-15(19)12(2)24-17(21)23-13(3)22-16(20)14-7-5-4-6-8-14/h12-14H,4-10H2,1-3H3/t12?,13-/m1/s1. The number of thioether (sulfide) groups is 1. The first-order valence-corrected chi connectivity index (χ1v) is 9.27. The topological polar surface area (TPSA) is 86.7 Å². The van der Waals surface area contributed by atoms with Crippen molar-refractivity contribution in [2.24, 2.45) is 5.92 Å². The molecule has 0 heterocycles. The number of Topliss-reactive ketones (excluding diaryl/α,β-unsaturated/α-hetero) is 2. The predicted molar refractivity (Wildman–Crippen MR) is 90.6 cm³/mol. The maximum atomic E-state index is 12.0. The molecular formula is C17H26O6S. The third kappa shape index (κ3) is 7.95. The van der Waals surface area contributed by atoms with E-state index >= 15 is 0 Å². The lowest BCUT2D eigenvalue weighted by Gasteiger charge is -2.22. The smallest absolute Gasteiger partial charge is 0.371 e. The molecule has 0 amide bonds. The van der Waals surface area contributed by atoms with Crippen LogP contribution in [0.15, 0.2) is 0 Å². The van der Waals surface area contributed by atoms with E-state index in [0.29, 0.717) is 0 Å². The highest BCUT2D eigenvalue weighted by Crippen LogP contribution is 2.25. The third-order valence-corrected chi connectivity index (χ3v) is 4.84. The van der Waals surface area contributed by atoms with Crippen molar-refractivity contribution in [2.45, 2.75) is 77.3 Å². The van der Waals surface area contributed by atoms with E-state index in [1.165, 1.54) is 13.8 Å². The number of ketones is 2. The van der Waals surface area contributed by atoms with Gasteiger partial charge in [0.15, 0.2) is 0 Å². The molecule has 0 N–H and O–H groups in total. The maximum absolute atomic E-state index is 12.0. The van der Waals surface area contributed by atoms with Gasteiger partial charge in [0.25, 0.3) is 0 Å². The molecule has 24 heavy (non-hydrogen) atoms. The van der Waals surface area contributed by atoms with Crippen LogP contribution >= 0.6 is 11.8 Å². The van der Waals surface area contributed by atoms with Gasteiger partial charge in [0.1, 0.15) is 11.6 Å². The summed E-state index contributed by atoms with van der Waals surface area (Å²) in [7, 11) is 0. The van der Waals surface area contributed by atoms with Crippen LogP contribution in [0, 0.1) is 5.92 Å². The third-order valence-electron chi connectivity index (χ3n) is 3.93. The SMILES string of the molecule is CC(=O)CCC(=O)C(C)SC(=O)O[C@H](C)OC(=O)C1CCCCC1. The molecule has 0 aromatic carbocycles. The number of hydrogen-bond donors (Lipinski definition) is 0. The lowest BCUT2D eigenvalue weighted by molar-refractivity contribution is -0.169. The van der Waals surface area contributed by atoms with E-state index in [9.17, 15) is 19.2 Å². The number of rotatable bonds is 8. The molecule has 0 aromatic heterocycles. The second kappa shape index (κ2) is 10.5. The van der Waals surface area contributed by atoms with Crippen LogP contribution in [0.5, 0.6) is 0 Å². The Hall–Kier alpha value is -1.37. The molecular weight excluding hydrogens is 332 g/mol. The Morgan fingerprint density at radius 2 is 1.62 bits per heavy atom. The van der Waals surface area contributed by atoms with Crippen molar-refractivity contribution in [1.82, 2.24) is 0 Å². The summed E-state index contributed by atoms with van der Waals surface area (Å²) < 4.78 is 10.2. The van der Waals surface area contributed by atoms with Crippen molar-refractivity contribution in [2.75, 3.05) is 0 Å². The molecule has 1 unspecified atom stereocenters. The first kappa shape index (κ1) is 20.7. The zero-order valence-corrected chi connectivity index (χ0v) is 15.4. The van der Waals surface area contributed by atoms with Gasteiger partial charge in [-0.15, -0.1) is 0 Å². The molecule has 0 aliphatic heterocycles. The monoisotopic (exact) mass is 358 g/mol. The molecule has 6 nitrogen and oxygen atoms in total. The minimum absolute atomic E-state index is 0.0635. The van der Waals surface area contributed by atoms with Gasteiger partial charge in [-0.1, -0.05) is 19.3 Å². The van der Waals surface area contributed by atoms with Crippen molar-refractivity contribution in [1.29, 1.82) is 0 Å². The average molecular weight is 358 g/mol. The van der Waals surface area contributed by atoms with Gasteiger partial charge < -0.3 is 14.3 Å². The van der Waals surface area contributed by atoms with Crippen molar-refractivity contribution in [3.63, 3.8) is 0 Å². The highest BCUT2D eigenvalue weighted by Gasteiger charge is 2.26. The fourth-order valence-corrected chi connectivity index (χ4v) is 3.23. The van der Waals surface area contributed by atoms with Crippen molar-refractivity contribution in [3.8, 4) is 0 Å². The Morgan fingerprint density at radius 1 is 1.00 bits per heavy atom. The largest absolute Gasteiger partial charge is 0.425 e. The minimum Gasteiger partial charge on any atom is -0.425 e. The van der Waals surface area contributed by atoms with E-state index in [1.807, 2.05) is 0 Å². The number of ether oxygens (including phenoxy) is 2. The van der Waals surface area contributed by atoms with E-state index in [4.69, 9.17) is 9.47 Å². The molecule has 0 spiro atoms. The van der Waals surface area contributed by atoms with E-state index in [1.54, 1.807) is 6.92 Å². The van der Waals surface area contributed by atoms with Crippen LogP contribution in [0.3, 0.4) is 0 Å². The molecule has 0 saturated heterocycles. The van der Waals surface area contributed by atoms with Gasteiger partial charge in [0.2, 0.25) is 6.29 Å². The van der Waals surface area contributed by atoms with Gasteiger partial charge in [-0.05, 0) is 38.5 Å². The van der Waals surface area contributed by atoms with Gasteiger partial charge in [-0.3, -0.25) is 9.59 Å². The number of carbonyl (C=O) groups is 4. The van der Waals surface area contributed by atoms with Gasteiger partial charge in [-0.25, -0.2) is 4.79 Å². The fraction of sp³-hybridized carbons (Fsp3) is 0.765. The average Bonchev–Trinajstić information content (AvgIpc) is 2.52. The van der Waals surface area contributed by atoms with Crippen LogP contribution < -0.4 is 0 Å². The fourth-order valence-electron chi connectivity index (χ4n) is 2.50. The zero-order valence-electron chi connectivity index (χ0n) is 14.5. The summed E-state index contributed by atoms with van der Waals surface area (Å²) in [5.74, 6) is -0.685. The van der Waals surface area contributed by atoms with E-state index in [0.717, 1.165) is 43.9 Å². The lowest BCUT2D eigenvalue weighted by atomic mass is 9.89. The van der Waals surface area contributed by atoms with E-state index in [-0.39, 0.29) is 36.3 Å². The normalized spacial score (nSPS) is 17.6. The van der Waals surface area contributed by atoms with Gasteiger partial charge >= 0.3 is 11.3 Å². The van der Waals surface area contributed by atoms with Crippen LogP contribution in [0.1, 0.15) is 65.7 Å². The Morgan fingerprint density at radius 3 is 2.21 bits per heavy atom. The summed E-state index contributed by atoms with van der Waals surface area (Å²) in [6.07, 6.45) is 4.12. The summed E-state index contributed by atoms with van der Waals surface area (Å²) in [4.78, 5) is 46.4. The van der Waals surface area contributed by atoms with Gasteiger partial charge in [0, 0.05) is 19.8 Å². The van der Waals surface area contributed by atoms with E-state index in [2.05, 4.69) is 0 Å². The van der Waals surface area contributed by atoms with E-state index < -0.39 is 16.8 Å². The summed E-state index contributed by atoms with van der Waals surface area (Å²) >= 11 is 0.737. The first-order chi connectivity index (χ1) is 11.3. The van der Waals surface area contributed by atoms with Crippen molar-refractivity contribution in [3.05, 3.63) is 0 Å². The Kier molecular flexibility index (Phi) is 9.03. The zero-order chi connectivity index (χ0) is 18.1. The summed E-state index contributed by atoms with van der Waals surface area (Å²) in [5.41, 5.74) is 0. The molecule has 1 saturated carbocycles. The Bertz CT molecular complexity index is 470. The summed E-state index contributed by atoms with van der Waals surface area (Å²) in [6, 6.07) is 0. The van der Waals surface area contributed by atoms with Gasteiger partial charge in [0.05, 0.1) is 11.2 Å². The summed E-state index contributed by atoms with van der Waals surface area (Å²) in [5, 5.41) is -1.26. The first-order valence-electron chi connectivity index (χ1n) is 8.39. The molecule has 0 radical (unpaired) electrons.